The molecule has 0 aliphatic rings. The van der Waals surface area contributed by atoms with Crippen LogP contribution in [0.4, 0.5) is 0 Å². The van der Waals surface area contributed by atoms with Gasteiger partial charge in [0.2, 0.25) is 0 Å². The Hall–Kier alpha value is -1.85. The third-order valence-corrected chi connectivity index (χ3v) is 2.82. The Labute approximate surface area is 138 Å². The van der Waals surface area contributed by atoms with Gasteiger partial charge in [-0.15, -0.1) is 0 Å². The van der Waals surface area contributed by atoms with Gasteiger partial charge >= 0.3 is 17.9 Å². The molecule has 0 saturated carbocycles. The van der Waals surface area contributed by atoms with Crippen LogP contribution in [0, 0.1) is 0 Å². The number of ether oxygens (including phenoxy) is 1. The normalized spacial score (nSPS) is 10.0. The molecule has 0 amide bonds. The van der Waals surface area contributed by atoms with Gasteiger partial charge in [0, 0.05) is 18.6 Å². The molecule has 0 aliphatic heterocycles. The molecule has 23 heavy (non-hydrogen) atoms. The molecular weight excluding hydrogens is 300 g/mol. The zero-order valence-corrected chi connectivity index (χ0v) is 14.3. The monoisotopic (exact) mass is 330 g/mol. The number of aliphatic carboxylic acids is 2. The molecule has 0 rings (SSSR count). The Balaban J connectivity index is 0. The average Bonchev–Trinajstić information content (AvgIpc) is 2.50. The van der Waals surface area contributed by atoms with Crippen molar-refractivity contribution in [2.24, 2.45) is 0 Å². The first-order valence-electron chi connectivity index (χ1n) is 8.23. The number of carbonyl (C=O) groups is 3. The molecule has 0 heterocycles. The summed E-state index contributed by atoms with van der Waals surface area (Å²) in [6, 6.07) is 0. The lowest BCUT2D eigenvalue weighted by atomic mass is 10.1. The molecule has 6 nitrogen and oxygen atoms in total. The van der Waals surface area contributed by atoms with E-state index in [0.717, 1.165) is 12.8 Å². The van der Waals surface area contributed by atoms with Crippen molar-refractivity contribution in [1.82, 2.24) is 0 Å². The topological polar surface area (TPSA) is 101 Å². The second-order valence-corrected chi connectivity index (χ2v) is 5.10. The molecule has 0 aromatic rings. The van der Waals surface area contributed by atoms with Crippen LogP contribution in [0.3, 0.4) is 0 Å². The van der Waals surface area contributed by atoms with Gasteiger partial charge in [-0.3, -0.25) is 4.79 Å². The molecule has 0 aromatic heterocycles. The highest BCUT2D eigenvalue weighted by atomic mass is 16.5. The SMILES string of the molecule is CCCCCCCCCC(=O)OCCC.O=C(O)/C=C/C(=O)O. The van der Waals surface area contributed by atoms with Gasteiger partial charge in [-0.2, -0.15) is 0 Å². The number of carbonyl (C=O) groups excluding carboxylic acids is 1. The lowest BCUT2D eigenvalue weighted by Gasteiger charge is -2.03. The van der Waals surface area contributed by atoms with Crippen LogP contribution in [0.25, 0.3) is 0 Å². The van der Waals surface area contributed by atoms with Crippen molar-refractivity contribution < 1.29 is 29.3 Å². The quantitative estimate of drug-likeness (QED) is 0.321. The Morgan fingerprint density at radius 3 is 1.70 bits per heavy atom. The van der Waals surface area contributed by atoms with E-state index in [-0.39, 0.29) is 5.97 Å². The lowest BCUT2D eigenvalue weighted by molar-refractivity contribution is -0.143. The van der Waals surface area contributed by atoms with E-state index in [2.05, 4.69) is 6.92 Å². The van der Waals surface area contributed by atoms with Crippen LogP contribution in [-0.2, 0) is 19.1 Å². The van der Waals surface area contributed by atoms with E-state index in [0.29, 0.717) is 25.2 Å². The second-order valence-electron chi connectivity index (χ2n) is 5.10. The summed E-state index contributed by atoms with van der Waals surface area (Å²) in [6.45, 7) is 4.82. The minimum atomic E-state index is -1.26. The van der Waals surface area contributed by atoms with E-state index in [1.54, 1.807) is 0 Å². The smallest absolute Gasteiger partial charge is 0.328 e. The van der Waals surface area contributed by atoms with Crippen LogP contribution in [0.15, 0.2) is 12.2 Å². The third-order valence-electron chi connectivity index (χ3n) is 2.82. The zero-order chi connectivity index (χ0) is 17.9. The number of hydrogen-bond acceptors (Lipinski definition) is 4. The summed E-state index contributed by atoms with van der Waals surface area (Å²) in [6.07, 6.45) is 11.4. The fourth-order valence-corrected chi connectivity index (χ4v) is 1.66. The summed E-state index contributed by atoms with van der Waals surface area (Å²) in [5.41, 5.74) is 0. The molecule has 0 atom stereocenters. The lowest BCUT2D eigenvalue weighted by Crippen LogP contribution is -2.04. The van der Waals surface area contributed by atoms with Crippen LogP contribution in [0.2, 0.25) is 0 Å². The largest absolute Gasteiger partial charge is 0.478 e. The maximum atomic E-state index is 11.1. The number of hydrogen-bond donors (Lipinski definition) is 2. The van der Waals surface area contributed by atoms with Gasteiger partial charge in [-0.05, 0) is 12.8 Å². The Morgan fingerprint density at radius 2 is 1.26 bits per heavy atom. The van der Waals surface area contributed by atoms with E-state index in [9.17, 15) is 14.4 Å². The number of esters is 1. The molecule has 0 spiro atoms. The van der Waals surface area contributed by atoms with E-state index < -0.39 is 11.9 Å². The molecule has 0 bridgehead atoms. The number of unbranched alkanes of at least 4 members (excludes halogenated alkanes) is 6. The summed E-state index contributed by atoms with van der Waals surface area (Å²) in [7, 11) is 0. The Kier molecular flexibility index (Phi) is 18.5. The first kappa shape index (κ1) is 23.4. The first-order chi connectivity index (χ1) is 10.9. The highest BCUT2D eigenvalue weighted by molar-refractivity contribution is 5.89. The van der Waals surface area contributed by atoms with Gasteiger partial charge in [-0.25, -0.2) is 9.59 Å². The minimum Gasteiger partial charge on any atom is -0.478 e. The van der Waals surface area contributed by atoms with Crippen molar-refractivity contribution in [3.8, 4) is 0 Å². The van der Waals surface area contributed by atoms with E-state index in [1.165, 1.54) is 38.5 Å². The highest BCUT2D eigenvalue weighted by Gasteiger charge is 2.00. The summed E-state index contributed by atoms with van der Waals surface area (Å²) < 4.78 is 5.00. The van der Waals surface area contributed by atoms with Gasteiger partial charge in [0.15, 0.2) is 0 Å². The summed E-state index contributed by atoms with van der Waals surface area (Å²) >= 11 is 0. The van der Waals surface area contributed by atoms with Crippen molar-refractivity contribution in [1.29, 1.82) is 0 Å². The molecule has 0 fully saturated rings. The van der Waals surface area contributed by atoms with Crippen LogP contribution in [0.1, 0.15) is 71.6 Å². The van der Waals surface area contributed by atoms with E-state index in [4.69, 9.17) is 14.9 Å². The summed E-state index contributed by atoms with van der Waals surface area (Å²) in [5, 5.41) is 15.6. The summed E-state index contributed by atoms with van der Waals surface area (Å²) in [4.78, 5) is 30.2. The highest BCUT2D eigenvalue weighted by Crippen LogP contribution is 2.08. The van der Waals surface area contributed by atoms with Crippen LogP contribution in [-0.4, -0.2) is 34.7 Å². The van der Waals surface area contributed by atoms with Crippen molar-refractivity contribution >= 4 is 17.9 Å². The van der Waals surface area contributed by atoms with Crippen molar-refractivity contribution in [3.63, 3.8) is 0 Å². The molecule has 0 radical (unpaired) electrons. The second kappa shape index (κ2) is 18.2. The molecular formula is C17H30O6. The number of rotatable bonds is 12. The predicted octanol–water partition coefficient (Wildman–Crippen LogP) is 3.79. The number of carboxylic acid groups (broad SMARTS) is 2. The molecule has 0 aliphatic carbocycles. The van der Waals surface area contributed by atoms with Crippen LogP contribution in [0.5, 0.6) is 0 Å². The third kappa shape index (κ3) is 25.4. The molecule has 6 heteroatoms. The maximum absolute atomic E-state index is 11.1. The molecule has 0 unspecified atom stereocenters. The van der Waals surface area contributed by atoms with Gasteiger partial charge in [0.05, 0.1) is 6.61 Å². The Bertz CT molecular complexity index is 333. The Morgan fingerprint density at radius 1 is 0.783 bits per heavy atom. The predicted molar refractivity (Wildman–Crippen MR) is 88.3 cm³/mol. The van der Waals surface area contributed by atoms with Gasteiger partial charge in [0.1, 0.15) is 0 Å². The fraction of sp³-hybridized carbons (Fsp3) is 0.706. The van der Waals surface area contributed by atoms with Crippen LogP contribution < -0.4 is 0 Å². The summed E-state index contributed by atoms with van der Waals surface area (Å²) in [5.74, 6) is -2.54. The van der Waals surface area contributed by atoms with Crippen molar-refractivity contribution in [2.75, 3.05) is 6.61 Å². The average molecular weight is 330 g/mol. The van der Waals surface area contributed by atoms with Gasteiger partial charge < -0.3 is 14.9 Å². The zero-order valence-electron chi connectivity index (χ0n) is 14.3. The first-order valence-corrected chi connectivity index (χ1v) is 8.23. The number of carboxylic acids is 2. The van der Waals surface area contributed by atoms with Gasteiger partial charge in [-0.1, -0.05) is 52.4 Å². The van der Waals surface area contributed by atoms with E-state index >= 15 is 0 Å². The van der Waals surface area contributed by atoms with Crippen molar-refractivity contribution in [3.05, 3.63) is 12.2 Å². The standard InChI is InChI=1S/C13H26O2.C4H4O4/c1-3-5-6-7-8-9-10-11-13(14)15-12-4-2;5-3(6)1-2-4(7)8/h3-12H2,1-2H3;1-2H,(H,5,6)(H,7,8)/b;2-1+. The molecule has 0 aromatic carbocycles. The fourth-order valence-electron chi connectivity index (χ4n) is 1.66. The molecule has 2 N–H and O–H groups in total. The van der Waals surface area contributed by atoms with Crippen molar-refractivity contribution in [2.45, 2.75) is 71.6 Å². The molecule has 0 saturated heterocycles. The van der Waals surface area contributed by atoms with Crippen LogP contribution >= 0.6 is 0 Å². The van der Waals surface area contributed by atoms with E-state index in [1.807, 2.05) is 6.92 Å². The maximum Gasteiger partial charge on any atom is 0.328 e. The minimum absolute atomic E-state index is 0.0228. The molecule has 134 valence electrons. The van der Waals surface area contributed by atoms with Gasteiger partial charge in [0.25, 0.3) is 0 Å².